The van der Waals surface area contributed by atoms with E-state index in [2.05, 4.69) is 6.07 Å². The third-order valence-corrected chi connectivity index (χ3v) is 2.86. The van der Waals surface area contributed by atoms with Gasteiger partial charge in [0.15, 0.2) is 0 Å². The van der Waals surface area contributed by atoms with Gasteiger partial charge in [0.2, 0.25) is 0 Å². The quantitative estimate of drug-likeness (QED) is 0.566. The van der Waals surface area contributed by atoms with Gasteiger partial charge in [0.05, 0.1) is 0 Å². The lowest BCUT2D eigenvalue weighted by molar-refractivity contribution is -0.849. The molecule has 2 nitrogen and oxygen atoms in total. The highest BCUT2D eigenvalue weighted by Gasteiger charge is 2.12. The maximum absolute atomic E-state index is 11.0. The number of hydroxylamine groups is 2. The first-order valence-corrected chi connectivity index (χ1v) is 4.48. The van der Waals surface area contributed by atoms with Crippen LogP contribution in [0.15, 0.2) is 23.1 Å². The largest absolute Gasteiger partial charge is 0.633 e. The molecule has 0 spiro atoms. The van der Waals surface area contributed by atoms with Crippen LogP contribution in [-0.2, 0) is 6.54 Å². The lowest BCUT2D eigenvalue weighted by atomic mass is 10.2. The molecule has 0 saturated carbocycles. The molecule has 1 heterocycles. The molecule has 1 aliphatic rings. The Morgan fingerprint density at radius 2 is 2.55 bits per heavy atom. The van der Waals surface area contributed by atoms with E-state index in [0.29, 0.717) is 17.5 Å². The molecule has 0 aromatic heterocycles. The predicted octanol–water partition coefficient (Wildman–Crippen LogP) is 0.433. The number of hydrogen-bond acceptors (Lipinski definition) is 2. The molecular weight excluding hydrogens is 158 g/mol. The second-order valence-electron chi connectivity index (χ2n) is 2.54. The summed E-state index contributed by atoms with van der Waals surface area (Å²) in [5.41, 5.74) is 1.13. The predicted molar refractivity (Wildman–Crippen MR) is 44.0 cm³/mol. The fourth-order valence-corrected chi connectivity index (χ4v) is 2.05. The van der Waals surface area contributed by atoms with Crippen molar-refractivity contribution in [2.75, 3.05) is 5.88 Å². The minimum atomic E-state index is 0.321. The number of hydrogen-bond donors (Lipinski definition) is 1. The van der Waals surface area contributed by atoms with Gasteiger partial charge in [-0.3, -0.25) is 0 Å². The maximum Gasteiger partial charge on any atom is 0.128 e. The van der Waals surface area contributed by atoms with Crippen LogP contribution >= 0.6 is 11.8 Å². The highest BCUT2D eigenvalue weighted by Crippen LogP contribution is 2.22. The summed E-state index contributed by atoms with van der Waals surface area (Å²) in [6.07, 6.45) is 0. The zero-order valence-corrected chi connectivity index (χ0v) is 6.78. The van der Waals surface area contributed by atoms with Gasteiger partial charge in [0.25, 0.3) is 0 Å². The molecule has 0 fully saturated rings. The summed E-state index contributed by atoms with van der Waals surface area (Å²) >= 11 is 1.63. The summed E-state index contributed by atoms with van der Waals surface area (Å²) in [7, 11) is 0. The molecule has 0 bridgehead atoms. The van der Waals surface area contributed by atoms with E-state index in [4.69, 9.17) is 0 Å². The summed E-state index contributed by atoms with van der Waals surface area (Å²) in [5, 5.41) is 11.3. The smallest absolute Gasteiger partial charge is 0.128 e. The van der Waals surface area contributed by atoms with Gasteiger partial charge in [0.1, 0.15) is 12.4 Å². The molecule has 1 radical (unpaired) electrons. The average molecular weight is 166 g/mol. The van der Waals surface area contributed by atoms with E-state index < -0.39 is 0 Å². The Labute approximate surface area is 69.8 Å². The van der Waals surface area contributed by atoms with E-state index in [1.807, 2.05) is 18.2 Å². The first-order valence-electron chi connectivity index (χ1n) is 3.50. The van der Waals surface area contributed by atoms with Gasteiger partial charge >= 0.3 is 0 Å². The zero-order valence-electron chi connectivity index (χ0n) is 5.96. The SMILES string of the molecule is [O-][NH+]1CSc2cc[c]cc2C1. The van der Waals surface area contributed by atoms with Crippen LogP contribution in [-0.4, -0.2) is 5.88 Å². The van der Waals surface area contributed by atoms with E-state index in [0.717, 1.165) is 5.56 Å². The van der Waals surface area contributed by atoms with Crippen LogP contribution in [0, 0.1) is 11.3 Å². The third-order valence-electron chi connectivity index (χ3n) is 1.68. The molecule has 0 aliphatic carbocycles. The van der Waals surface area contributed by atoms with Gasteiger partial charge in [-0.15, -0.1) is 0 Å². The fourth-order valence-electron chi connectivity index (χ4n) is 1.15. The van der Waals surface area contributed by atoms with Crippen molar-refractivity contribution in [2.45, 2.75) is 11.4 Å². The topological polar surface area (TPSA) is 27.5 Å². The molecule has 57 valence electrons. The van der Waals surface area contributed by atoms with E-state index in [9.17, 15) is 5.21 Å². The number of rotatable bonds is 0. The molecular formula is C8H8NOS. The van der Waals surface area contributed by atoms with E-state index in [-0.39, 0.29) is 0 Å². The summed E-state index contributed by atoms with van der Waals surface area (Å²) in [5.74, 6) is 0.636. The lowest BCUT2D eigenvalue weighted by Crippen LogP contribution is -3.05. The van der Waals surface area contributed by atoms with Crippen molar-refractivity contribution in [1.29, 1.82) is 0 Å². The van der Waals surface area contributed by atoms with Crippen molar-refractivity contribution in [3.05, 3.63) is 35.0 Å². The van der Waals surface area contributed by atoms with Crippen LogP contribution in [0.5, 0.6) is 0 Å². The highest BCUT2D eigenvalue weighted by atomic mass is 32.2. The maximum atomic E-state index is 11.0. The van der Waals surface area contributed by atoms with E-state index in [1.165, 1.54) is 4.90 Å². The summed E-state index contributed by atoms with van der Waals surface area (Å²) in [6.45, 7) is 0.597. The first-order chi connectivity index (χ1) is 5.36. The molecule has 1 aromatic rings. The average Bonchev–Trinajstić information content (AvgIpc) is 2.04. The molecule has 2 rings (SSSR count). The van der Waals surface area contributed by atoms with Crippen molar-refractivity contribution < 1.29 is 5.06 Å². The first kappa shape index (κ1) is 7.16. The number of nitrogens with one attached hydrogen (secondary N) is 1. The van der Waals surface area contributed by atoms with Crippen LogP contribution in [0.2, 0.25) is 0 Å². The van der Waals surface area contributed by atoms with Crippen molar-refractivity contribution in [2.24, 2.45) is 0 Å². The molecule has 1 aromatic carbocycles. The fraction of sp³-hybridized carbons (Fsp3) is 0.250. The van der Waals surface area contributed by atoms with Crippen LogP contribution in [0.25, 0.3) is 0 Å². The Kier molecular flexibility index (Phi) is 1.85. The summed E-state index contributed by atoms with van der Waals surface area (Å²) < 4.78 is 0. The van der Waals surface area contributed by atoms with Gasteiger partial charge in [-0.25, -0.2) is 0 Å². The molecule has 11 heavy (non-hydrogen) atoms. The van der Waals surface area contributed by atoms with Crippen LogP contribution < -0.4 is 5.06 Å². The van der Waals surface area contributed by atoms with Crippen molar-refractivity contribution in [3.63, 3.8) is 0 Å². The Bertz CT molecular complexity index is 264. The van der Waals surface area contributed by atoms with Gasteiger partial charge in [-0.05, 0) is 18.2 Å². The Morgan fingerprint density at radius 1 is 1.64 bits per heavy atom. The lowest BCUT2D eigenvalue weighted by Gasteiger charge is -2.27. The molecule has 1 unspecified atom stereocenters. The standard InChI is InChI=1S/C8H8NOS/c10-9-5-7-3-1-2-4-8(7)11-6-9/h2-4,9H,5-6H2. The van der Waals surface area contributed by atoms with Gasteiger partial charge in [-0.2, -0.15) is 0 Å². The number of fused-ring (bicyclic) bond motifs is 1. The van der Waals surface area contributed by atoms with E-state index in [1.54, 1.807) is 11.8 Å². The number of thioether (sulfide) groups is 1. The molecule has 0 amide bonds. The summed E-state index contributed by atoms with van der Waals surface area (Å²) in [6, 6.07) is 8.79. The normalized spacial score (nSPS) is 22.8. The van der Waals surface area contributed by atoms with Crippen molar-refractivity contribution in [3.8, 4) is 0 Å². The zero-order chi connectivity index (χ0) is 7.68. The Morgan fingerprint density at radius 3 is 3.45 bits per heavy atom. The second-order valence-corrected chi connectivity index (χ2v) is 3.56. The summed E-state index contributed by atoms with van der Waals surface area (Å²) in [4.78, 5) is 1.24. The molecule has 1 atom stereocenters. The van der Waals surface area contributed by atoms with Gasteiger partial charge in [0, 0.05) is 10.5 Å². The van der Waals surface area contributed by atoms with Crippen molar-refractivity contribution in [1.82, 2.24) is 0 Å². The van der Waals surface area contributed by atoms with Crippen LogP contribution in [0.3, 0.4) is 0 Å². The minimum absolute atomic E-state index is 0.321. The Balaban J connectivity index is 2.34. The van der Waals surface area contributed by atoms with Crippen LogP contribution in [0.4, 0.5) is 0 Å². The molecule has 1 aliphatic heterocycles. The highest BCUT2D eigenvalue weighted by molar-refractivity contribution is 7.99. The number of benzene rings is 1. The molecule has 1 N–H and O–H groups in total. The second kappa shape index (κ2) is 2.85. The Hall–Kier alpha value is -0.510. The molecule has 0 saturated heterocycles. The number of quaternary nitrogens is 1. The van der Waals surface area contributed by atoms with Crippen LogP contribution in [0.1, 0.15) is 5.56 Å². The van der Waals surface area contributed by atoms with Gasteiger partial charge < -0.3 is 10.3 Å². The van der Waals surface area contributed by atoms with Gasteiger partial charge in [-0.1, -0.05) is 17.8 Å². The third kappa shape index (κ3) is 1.40. The monoisotopic (exact) mass is 166 g/mol. The van der Waals surface area contributed by atoms with E-state index >= 15 is 0 Å². The van der Waals surface area contributed by atoms with Crippen molar-refractivity contribution >= 4 is 11.8 Å². The minimum Gasteiger partial charge on any atom is -0.633 e. The molecule has 3 heteroatoms.